The molecule has 0 bridgehead atoms. The Labute approximate surface area is 153 Å². The molecule has 4 heterocycles. The second-order valence-electron chi connectivity index (χ2n) is 8.12. The smallest absolute Gasteiger partial charge is 0.228 e. The lowest BCUT2D eigenvalue weighted by molar-refractivity contribution is -0.137. The average Bonchev–Trinajstić information content (AvgIpc) is 3.33. The van der Waals surface area contributed by atoms with Crippen LogP contribution in [-0.2, 0) is 20.9 Å². The minimum atomic E-state index is 0.0129. The molecule has 3 aliphatic rings. The molecule has 4 rings (SSSR count). The highest BCUT2D eigenvalue weighted by atomic mass is 16.5. The second kappa shape index (κ2) is 6.68. The number of amides is 2. The van der Waals surface area contributed by atoms with Crippen molar-refractivity contribution in [3.8, 4) is 0 Å². The van der Waals surface area contributed by atoms with Gasteiger partial charge in [-0.25, -0.2) is 0 Å². The van der Waals surface area contributed by atoms with E-state index in [2.05, 4.69) is 5.16 Å². The monoisotopic (exact) mass is 361 g/mol. The van der Waals surface area contributed by atoms with E-state index < -0.39 is 0 Å². The van der Waals surface area contributed by atoms with Crippen molar-refractivity contribution in [2.24, 2.45) is 11.3 Å². The number of rotatable bonds is 3. The van der Waals surface area contributed by atoms with Crippen LogP contribution < -0.4 is 0 Å². The van der Waals surface area contributed by atoms with Crippen molar-refractivity contribution in [2.75, 3.05) is 32.8 Å². The molecule has 7 heteroatoms. The number of aryl methyl sites for hydroxylation is 2. The van der Waals surface area contributed by atoms with E-state index in [9.17, 15) is 9.59 Å². The van der Waals surface area contributed by atoms with Crippen LogP contribution in [-0.4, -0.2) is 59.6 Å². The molecule has 142 valence electrons. The maximum atomic E-state index is 12.6. The SMILES string of the molecule is Cc1noc(C)c1CN1CC2(CCN(C(=O)C3CCOC3)CC2)CC1=O. The summed E-state index contributed by atoms with van der Waals surface area (Å²) in [6.07, 6.45) is 3.22. The minimum absolute atomic E-state index is 0.0129. The summed E-state index contributed by atoms with van der Waals surface area (Å²) in [7, 11) is 0. The van der Waals surface area contributed by atoms with Crippen molar-refractivity contribution >= 4 is 11.8 Å². The highest BCUT2D eigenvalue weighted by molar-refractivity contribution is 5.81. The van der Waals surface area contributed by atoms with Crippen molar-refractivity contribution in [3.05, 3.63) is 17.0 Å². The van der Waals surface area contributed by atoms with Gasteiger partial charge >= 0.3 is 0 Å². The highest BCUT2D eigenvalue weighted by Gasteiger charge is 2.46. The fourth-order valence-corrected chi connectivity index (χ4v) is 4.57. The summed E-state index contributed by atoms with van der Waals surface area (Å²) >= 11 is 0. The van der Waals surface area contributed by atoms with E-state index >= 15 is 0 Å². The standard InChI is InChI=1S/C19H27N3O4/c1-13-16(14(2)26-20-13)10-22-12-19(9-17(22)23)4-6-21(7-5-19)18(24)15-3-8-25-11-15/h15H,3-12H2,1-2H3. The molecule has 2 amide bonds. The average molecular weight is 361 g/mol. The van der Waals surface area contributed by atoms with E-state index in [0.717, 1.165) is 55.9 Å². The molecule has 1 atom stereocenters. The zero-order valence-electron chi connectivity index (χ0n) is 15.6. The summed E-state index contributed by atoms with van der Waals surface area (Å²) in [5.41, 5.74) is 1.89. The van der Waals surface area contributed by atoms with Gasteiger partial charge in [-0.3, -0.25) is 9.59 Å². The minimum Gasteiger partial charge on any atom is -0.381 e. The van der Waals surface area contributed by atoms with Gasteiger partial charge in [-0.15, -0.1) is 0 Å². The van der Waals surface area contributed by atoms with Crippen LogP contribution in [0.15, 0.2) is 4.52 Å². The summed E-state index contributed by atoms with van der Waals surface area (Å²) in [6.45, 7) is 7.91. The van der Waals surface area contributed by atoms with Crippen LogP contribution in [0.5, 0.6) is 0 Å². The zero-order chi connectivity index (χ0) is 18.3. The van der Waals surface area contributed by atoms with Crippen molar-refractivity contribution in [1.82, 2.24) is 15.0 Å². The molecule has 7 nitrogen and oxygen atoms in total. The molecule has 0 aliphatic carbocycles. The van der Waals surface area contributed by atoms with Crippen molar-refractivity contribution in [2.45, 2.75) is 46.1 Å². The van der Waals surface area contributed by atoms with E-state index in [0.29, 0.717) is 26.2 Å². The van der Waals surface area contributed by atoms with Gasteiger partial charge in [0, 0.05) is 43.6 Å². The van der Waals surface area contributed by atoms with Crippen LogP contribution in [0.2, 0.25) is 0 Å². The summed E-state index contributed by atoms with van der Waals surface area (Å²) < 4.78 is 10.6. The molecule has 26 heavy (non-hydrogen) atoms. The number of carbonyl (C=O) groups excluding carboxylic acids is 2. The number of aromatic nitrogens is 1. The Morgan fingerprint density at radius 2 is 2.08 bits per heavy atom. The first-order chi connectivity index (χ1) is 12.5. The first-order valence-corrected chi connectivity index (χ1v) is 9.53. The van der Waals surface area contributed by atoms with Gasteiger partial charge in [-0.1, -0.05) is 5.16 Å². The molecule has 0 aromatic carbocycles. The topological polar surface area (TPSA) is 75.9 Å². The Kier molecular flexibility index (Phi) is 4.50. The largest absolute Gasteiger partial charge is 0.381 e. The van der Waals surface area contributed by atoms with Gasteiger partial charge in [-0.2, -0.15) is 0 Å². The van der Waals surface area contributed by atoms with Gasteiger partial charge in [0.05, 0.1) is 24.8 Å². The van der Waals surface area contributed by atoms with Crippen molar-refractivity contribution in [3.63, 3.8) is 0 Å². The van der Waals surface area contributed by atoms with E-state index in [1.807, 2.05) is 23.6 Å². The van der Waals surface area contributed by atoms with Crippen LogP contribution in [0.25, 0.3) is 0 Å². The van der Waals surface area contributed by atoms with Crippen molar-refractivity contribution < 1.29 is 18.8 Å². The van der Waals surface area contributed by atoms with Gasteiger partial charge in [0.25, 0.3) is 0 Å². The van der Waals surface area contributed by atoms with E-state index in [4.69, 9.17) is 9.26 Å². The number of nitrogens with zero attached hydrogens (tertiary/aromatic N) is 3. The number of piperidine rings is 1. The maximum absolute atomic E-state index is 12.6. The summed E-state index contributed by atoms with van der Waals surface area (Å²) in [4.78, 5) is 29.1. The Balaban J connectivity index is 1.37. The van der Waals surface area contributed by atoms with E-state index in [1.54, 1.807) is 0 Å². The second-order valence-corrected chi connectivity index (χ2v) is 8.12. The maximum Gasteiger partial charge on any atom is 0.228 e. The van der Waals surface area contributed by atoms with Crippen LogP contribution in [0, 0.1) is 25.2 Å². The molecule has 0 N–H and O–H groups in total. The Morgan fingerprint density at radius 3 is 2.69 bits per heavy atom. The van der Waals surface area contributed by atoms with Crippen LogP contribution in [0.3, 0.4) is 0 Å². The molecule has 0 saturated carbocycles. The lowest BCUT2D eigenvalue weighted by atomic mass is 9.77. The van der Waals surface area contributed by atoms with Gasteiger partial charge in [0.1, 0.15) is 5.76 Å². The molecule has 3 aliphatic heterocycles. The number of likely N-dealkylation sites (tertiary alicyclic amines) is 2. The molecule has 1 aromatic heterocycles. The first kappa shape index (κ1) is 17.5. The molecule has 1 spiro atoms. The highest BCUT2D eigenvalue weighted by Crippen LogP contribution is 2.42. The third-order valence-corrected chi connectivity index (χ3v) is 6.35. The van der Waals surface area contributed by atoms with Gasteiger partial charge in [-0.05, 0) is 33.1 Å². The lowest BCUT2D eigenvalue weighted by Gasteiger charge is -2.39. The van der Waals surface area contributed by atoms with E-state index in [-0.39, 0.29) is 23.1 Å². The fraction of sp³-hybridized carbons (Fsp3) is 0.737. The molecule has 3 fully saturated rings. The van der Waals surface area contributed by atoms with Crippen LogP contribution in [0.4, 0.5) is 0 Å². The van der Waals surface area contributed by atoms with E-state index in [1.165, 1.54) is 0 Å². The lowest BCUT2D eigenvalue weighted by Crippen LogP contribution is -2.46. The third kappa shape index (κ3) is 3.13. The molecule has 3 saturated heterocycles. The molecule has 1 aromatic rings. The number of carbonyl (C=O) groups is 2. The Hall–Kier alpha value is -1.89. The predicted octanol–water partition coefficient (Wildman–Crippen LogP) is 1.67. The normalized spacial score (nSPS) is 25.5. The molecular weight excluding hydrogens is 334 g/mol. The summed E-state index contributed by atoms with van der Waals surface area (Å²) in [6, 6.07) is 0. The third-order valence-electron chi connectivity index (χ3n) is 6.35. The number of ether oxygens (including phenoxy) is 1. The number of hydrogen-bond donors (Lipinski definition) is 0. The van der Waals surface area contributed by atoms with Gasteiger partial charge in [0.15, 0.2) is 0 Å². The first-order valence-electron chi connectivity index (χ1n) is 9.53. The van der Waals surface area contributed by atoms with Crippen LogP contribution >= 0.6 is 0 Å². The quantitative estimate of drug-likeness (QED) is 0.819. The number of hydrogen-bond acceptors (Lipinski definition) is 5. The molecule has 1 unspecified atom stereocenters. The molecular formula is C19H27N3O4. The van der Waals surface area contributed by atoms with Gasteiger partial charge < -0.3 is 19.1 Å². The fourth-order valence-electron chi connectivity index (χ4n) is 4.57. The van der Waals surface area contributed by atoms with Crippen molar-refractivity contribution in [1.29, 1.82) is 0 Å². The Morgan fingerprint density at radius 1 is 1.31 bits per heavy atom. The summed E-state index contributed by atoms with van der Waals surface area (Å²) in [5.74, 6) is 1.25. The Bertz CT molecular complexity index is 680. The zero-order valence-corrected chi connectivity index (χ0v) is 15.6. The predicted molar refractivity (Wildman–Crippen MR) is 93.2 cm³/mol. The summed E-state index contributed by atoms with van der Waals surface area (Å²) in [5, 5.41) is 3.99. The van der Waals surface area contributed by atoms with Crippen LogP contribution in [0.1, 0.15) is 42.7 Å². The van der Waals surface area contributed by atoms with Gasteiger partial charge in [0.2, 0.25) is 11.8 Å². The molecule has 0 radical (unpaired) electrons.